The molecule has 2 N–H and O–H groups in total. The molecule has 7 nitrogen and oxygen atoms in total. The van der Waals surface area contributed by atoms with Crippen molar-refractivity contribution >= 4 is 35.0 Å². The maximum Gasteiger partial charge on any atom is 0.321 e. The third-order valence-corrected chi connectivity index (χ3v) is 5.85. The summed E-state index contributed by atoms with van der Waals surface area (Å²) in [5, 5.41) is 16.2. The lowest BCUT2D eigenvalue weighted by Gasteiger charge is -2.07. The molecule has 0 radical (unpaired) electrons. The molecule has 9 heteroatoms. The van der Waals surface area contributed by atoms with Crippen LogP contribution in [0.2, 0.25) is 0 Å². The maximum absolute atomic E-state index is 11.9. The average Bonchev–Trinajstić information content (AvgIpc) is 3.33. The quantitative estimate of drug-likeness (QED) is 0.552. The van der Waals surface area contributed by atoms with Crippen molar-refractivity contribution in [2.75, 3.05) is 5.75 Å². The number of nitrogens with one attached hydrogen (secondary N) is 2. The van der Waals surface area contributed by atoms with Crippen molar-refractivity contribution in [3.8, 4) is 0 Å². The van der Waals surface area contributed by atoms with E-state index in [0.29, 0.717) is 12.3 Å². The number of aromatic nitrogens is 3. The number of imide groups is 1. The van der Waals surface area contributed by atoms with Gasteiger partial charge in [-0.25, -0.2) is 4.79 Å². The molecule has 28 heavy (non-hydrogen) atoms. The van der Waals surface area contributed by atoms with Gasteiger partial charge < -0.3 is 9.88 Å². The first-order chi connectivity index (χ1) is 13.6. The summed E-state index contributed by atoms with van der Waals surface area (Å²) in [6.07, 6.45) is 0.959. The Kier molecular flexibility index (Phi) is 7.21. The molecule has 3 aromatic rings. The first kappa shape index (κ1) is 20.1. The molecule has 0 saturated carbocycles. The Morgan fingerprint density at radius 3 is 2.71 bits per heavy atom. The molecule has 146 valence electrons. The zero-order chi connectivity index (χ0) is 19.8. The minimum Gasteiger partial charge on any atom is -0.334 e. The Morgan fingerprint density at radius 1 is 1.14 bits per heavy atom. The predicted octanol–water partition coefficient (Wildman–Crippen LogP) is 2.98. The number of hydrogen-bond donors (Lipinski definition) is 2. The number of nitrogens with zero attached hydrogens (tertiary/aromatic N) is 3. The Hall–Kier alpha value is -2.65. The van der Waals surface area contributed by atoms with Gasteiger partial charge in [-0.2, -0.15) is 0 Å². The van der Waals surface area contributed by atoms with Gasteiger partial charge in [0.05, 0.1) is 0 Å². The van der Waals surface area contributed by atoms with Gasteiger partial charge in [-0.05, 0) is 17.0 Å². The van der Waals surface area contributed by atoms with Crippen molar-refractivity contribution in [1.82, 2.24) is 25.4 Å². The number of hydrogen-bond acceptors (Lipinski definition) is 6. The normalized spacial score (nSPS) is 10.6. The second kappa shape index (κ2) is 10.0. The molecule has 3 amide bonds. The lowest BCUT2D eigenvalue weighted by molar-refractivity contribution is -0.119. The molecule has 0 unspecified atom stereocenters. The third-order valence-electron chi connectivity index (χ3n) is 3.95. The van der Waals surface area contributed by atoms with Crippen LogP contribution in [-0.4, -0.2) is 32.5 Å². The summed E-state index contributed by atoms with van der Waals surface area (Å²) in [5.41, 5.74) is 0.973. The van der Waals surface area contributed by atoms with Crippen LogP contribution >= 0.6 is 23.1 Å². The van der Waals surface area contributed by atoms with E-state index in [4.69, 9.17) is 0 Å². The lowest BCUT2D eigenvalue weighted by Crippen LogP contribution is -2.39. The molecule has 3 rings (SSSR count). The van der Waals surface area contributed by atoms with E-state index < -0.39 is 6.03 Å². The molecule has 0 aliphatic heterocycles. The first-order valence-electron chi connectivity index (χ1n) is 8.77. The minimum atomic E-state index is -0.490. The van der Waals surface area contributed by atoms with Gasteiger partial charge in [0.15, 0.2) is 5.16 Å². The number of carbonyl (C=O) groups excluding carboxylic acids is 2. The summed E-state index contributed by atoms with van der Waals surface area (Å²) in [4.78, 5) is 25.0. The summed E-state index contributed by atoms with van der Waals surface area (Å²) in [6.45, 7) is 0.376. The minimum absolute atomic E-state index is 0.219. The zero-order valence-corrected chi connectivity index (χ0v) is 17.1. The number of urea groups is 1. The molecular formula is C19H21N5O2S2. The van der Waals surface area contributed by atoms with E-state index in [2.05, 4.69) is 26.9 Å². The summed E-state index contributed by atoms with van der Waals surface area (Å²) in [7, 11) is 1.92. The highest BCUT2D eigenvalue weighted by atomic mass is 32.2. The summed E-state index contributed by atoms with van der Waals surface area (Å²) in [5.74, 6) is 1.08. The number of thioether (sulfide) groups is 1. The van der Waals surface area contributed by atoms with Gasteiger partial charge in [-0.15, -0.1) is 21.5 Å². The molecule has 0 saturated heterocycles. The van der Waals surface area contributed by atoms with E-state index in [0.717, 1.165) is 23.0 Å². The molecule has 2 heterocycles. The van der Waals surface area contributed by atoms with Gasteiger partial charge in [0, 0.05) is 37.1 Å². The van der Waals surface area contributed by atoms with Crippen LogP contribution in [0.4, 0.5) is 4.79 Å². The highest BCUT2D eigenvalue weighted by Gasteiger charge is 2.12. The molecule has 0 aliphatic carbocycles. The van der Waals surface area contributed by atoms with Crippen LogP contribution in [-0.2, 0) is 24.8 Å². The van der Waals surface area contributed by atoms with Crippen LogP contribution in [0.3, 0.4) is 0 Å². The molecule has 0 fully saturated rings. The highest BCUT2D eigenvalue weighted by Crippen LogP contribution is 2.19. The molecule has 0 aliphatic rings. The third kappa shape index (κ3) is 5.93. The molecule has 0 atom stereocenters. The Morgan fingerprint density at radius 2 is 1.96 bits per heavy atom. The van der Waals surface area contributed by atoms with E-state index >= 15 is 0 Å². The van der Waals surface area contributed by atoms with Crippen LogP contribution in [0.25, 0.3) is 0 Å². The molecule has 0 spiro atoms. The largest absolute Gasteiger partial charge is 0.334 e. The maximum atomic E-state index is 11.9. The van der Waals surface area contributed by atoms with E-state index in [1.165, 1.54) is 16.6 Å². The smallest absolute Gasteiger partial charge is 0.321 e. The van der Waals surface area contributed by atoms with E-state index in [1.807, 2.05) is 53.4 Å². The van der Waals surface area contributed by atoms with Gasteiger partial charge in [0.25, 0.3) is 0 Å². The van der Waals surface area contributed by atoms with Crippen molar-refractivity contribution in [3.63, 3.8) is 0 Å². The predicted molar refractivity (Wildman–Crippen MR) is 110 cm³/mol. The number of rotatable bonds is 8. The molecular weight excluding hydrogens is 394 g/mol. The molecule has 2 aromatic heterocycles. The van der Waals surface area contributed by atoms with Crippen molar-refractivity contribution in [2.45, 2.75) is 24.5 Å². The molecule has 0 bridgehead atoms. The average molecular weight is 416 g/mol. The van der Waals surface area contributed by atoms with E-state index in [-0.39, 0.29) is 12.3 Å². The topological polar surface area (TPSA) is 88.9 Å². The first-order valence-corrected chi connectivity index (χ1v) is 10.6. The van der Waals surface area contributed by atoms with E-state index in [9.17, 15) is 9.59 Å². The summed E-state index contributed by atoms with van der Waals surface area (Å²) in [6, 6.07) is 13.1. The number of carbonyl (C=O) groups is 2. The SMILES string of the molecule is Cn1c(Cc2cccs2)nnc1SCCC(=O)NC(=O)NCc1ccccc1. The van der Waals surface area contributed by atoms with Crippen molar-refractivity contribution < 1.29 is 9.59 Å². The van der Waals surface area contributed by atoms with Gasteiger partial charge in [-0.3, -0.25) is 10.1 Å². The van der Waals surface area contributed by atoms with Crippen molar-refractivity contribution in [3.05, 3.63) is 64.1 Å². The monoisotopic (exact) mass is 415 g/mol. The van der Waals surface area contributed by atoms with Crippen LogP contribution in [0.5, 0.6) is 0 Å². The summed E-state index contributed by atoms with van der Waals surface area (Å²) < 4.78 is 1.94. The van der Waals surface area contributed by atoms with Crippen LogP contribution in [0.15, 0.2) is 53.0 Å². The van der Waals surface area contributed by atoms with Crippen LogP contribution in [0, 0.1) is 0 Å². The second-order valence-electron chi connectivity index (χ2n) is 6.03. The fourth-order valence-electron chi connectivity index (χ4n) is 2.44. The lowest BCUT2D eigenvalue weighted by atomic mass is 10.2. The van der Waals surface area contributed by atoms with E-state index in [1.54, 1.807) is 11.3 Å². The Balaban J connectivity index is 1.38. The standard InChI is InChI=1S/C19H21N5O2S2/c1-24-16(12-15-8-5-10-27-15)22-23-19(24)28-11-9-17(25)21-18(26)20-13-14-6-3-2-4-7-14/h2-8,10H,9,11-13H2,1H3,(H2,20,21,25,26). The number of thiophene rings is 1. The molecule has 1 aromatic carbocycles. The summed E-state index contributed by atoms with van der Waals surface area (Å²) >= 11 is 3.13. The Bertz CT molecular complexity index is 910. The van der Waals surface area contributed by atoms with Gasteiger partial charge in [0.2, 0.25) is 5.91 Å². The van der Waals surface area contributed by atoms with Gasteiger partial charge >= 0.3 is 6.03 Å². The highest BCUT2D eigenvalue weighted by molar-refractivity contribution is 7.99. The van der Waals surface area contributed by atoms with Gasteiger partial charge in [-0.1, -0.05) is 48.2 Å². The van der Waals surface area contributed by atoms with Crippen molar-refractivity contribution in [1.29, 1.82) is 0 Å². The number of benzene rings is 1. The number of amides is 3. The van der Waals surface area contributed by atoms with Crippen LogP contribution < -0.4 is 10.6 Å². The van der Waals surface area contributed by atoms with Crippen LogP contribution in [0.1, 0.15) is 22.7 Å². The zero-order valence-electron chi connectivity index (χ0n) is 15.4. The van der Waals surface area contributed by atoms with Crippen molar-refractivity contribution in [2.24, 2.45) is 7.05 Å². The second-order valence-corrected chi connectivity index (χ2v) is 8.12. The fraction of sp³-hybridized carbons (Fsp3) is 0.263. The fourth-order valence-corrected chi connectivity index (χ4v) is 4.01. The van der Waals surface area contributed by atoms with Gasteiger partial charge in [0.1, 0.15) is 5.82 Å². The Labute approximate surface area is 171 Å².